The zero-order chi connectivity index (χ0) is 31.9. The van der Waals surface area contributed by atoms with Crippen LogP contribution >= 0.6 is 0 Å². The third kappa shape index (κ3) is 11.5. The molecular formula is C36H42BN12. The second kappa shape index (κ2) is 18.8. The maximum absolute atomic E-state index is 4.59. The molecule has 6 N–H and O–H groups in total. The van der Waals surface area contributed by atoms with Crippen LogP contribution in [0, 0.1) is 0 Å². The number of aromatic nitrogens is 6. The summed E-state index contributed by atoms with van der Waals surface area (Å²) in [6.07, 6.45) is 2.83. The van der Waals surface area contributed by atoms with Crippen molar-refractivity contribution in [2.24, 2.45) is 0 Å². The van der Waals surface area contributed by atoms with Crippen molar-refractivity contribution in [3.8, 4) is 0 Å². The van der Waals surface area contributed by atoms with E-state index >= 15 is 0 Å². The number of benzene rings is 4. The first-order valence-electron chi connectivity index (χ1n) is 15.5. The molecule has 249 valence electrons. The van der Waals surface area contributed by atoms with Gasteiger partial charge in [0.15, 0.2) is 0 Å². The standard InChI is InChI=1S/C35H36N12.CH4.B.H2/c1-6-16-26(17-7-1)38-32-42-30(43-33(46-32)39-27-18-8-2-9-19-27)36-24-14-5-15-25-37-31-44-34(40-28-20-10-3-11-21-28)47-35(45-31)41-29-22-12-4-13-23-29;;;/h1-4,6-13,16-23H,5,14-15,24-25H2,(H3,36,38,39,42,43,46)(H3,37,40,41,44,45,47);1H4;;1H/i;;;1+1. The highest BCUT2D eigenvalue weighted by Crippen LogP contribution is 2.20. The number of anilines is 10. The fourth-order valence-corrected chi connectivity index (χ4v) is 4.56. The lowest BCUT2D eigenvalue weighted by Gasteiger charge is -2.12. The fourth-order valence-electron chi connectivity index (χ4n) is 4.56. The Bertz CT molecular complexity index is 1570. The maximum atomic E-state index is 4.59. The van der Waals surface area contributed by atoms with Crippen molar-refractivity contribution in [3.05, 3.63) is 121 Å². The van der Waals surface area contributed by atoms with Crippen LogP contribution < -0.4 is 31.9 Å². The molecule has 0 unspecified atom stereocenters. The van der Waals surface area contributed by atoms with Crippen molar-refractivity contribution < 1.29 is 1.43 Å². The summed E-state index contributed by atoms with van der Waals surface area (Å²) in [4.78, 5) is 27.5. The molecule has 0 spiro atoms. The molecule has 0 aliphatic carbocycles. The van der Waals surface area contributed by atoms with Crippen LogP contribution in [-0.2, 0) is 0 Å². The number of hydrogen-bond acceptors (Lipinski definition) is 12. The normalized spacial score (nSPS) is 10.1. The van der Waals surface area contributed by atoms with Crippen LogP contribution in [0.15, 0.2) is 121 Å². The maximum Gasteiger partial charge on any atom is 0.233 e. The average Bonchev–Trinajstić information content (AvgIpc) is 3.09. The first-order chi connectivity index (χ1) is 23.2. The Kier molecular flexibility index (Phi) is 13.7. The highest BCUT2D eigenvalue weighted by Gasteiger charge is 2.09. The Hall–Kier alpha value is -6.24. The van der Waals surface area contributed by atoms with Gasteiger partial charge in [-0.2, -0.15) is 29.9 Å². The van der Waals surface area contributed by atoms with Crippen LogP contribution in [0.3, 0.4) is 0 Å². The van der Waals surface area contributed by atoms with Gasteiger partial charge in [-0.3, -0.25) is 0 Å². The van der Waals surface area contributed by atoms with Gasteiger partial charge in [0.1, 0.15) is 0 Å². The van der Waals surface area contributed by atoms with Gasteiger partial charge < -0.3 is 31.9 Å². The third-order valence-electron chi connectivity index (χ3n) is 6.81. The quantitative estimate of drug-likeness (QED) is 0.0441. The van der Waals surface area contributed by atoms with Gasteiger partial charge in [0, 0.05) is 45.7 Å². The Morgan fingerprint density at radius 1 is 0.347 bits per heavy atom. The van der Waals surface area contributed by atoms with Gasteiger partial charge in [-0.25, -0.2) is 0 Å². The minimum atomic E-state index is 0. The lowest BCUT2D eigenvalue weighted by atomic mass is 10.2. The minimum Gasteiger partial charge on any atom is -0.354 e. The molecule has 0 fully saturated rings. The molecular weight excluding hydrogens is 611 g/mol. The summed E-state index contributed by atoms with van der Waals surface area (Å²) >= 11 is 0. The second-order valence-corrected chi connectivity index (χ2v) is 10.5. The molecule has 0 atom stereocenters. The van der Waals surface area contributed by atoms with Gasteiger partial charge in [-0.15, -0.1) is 0 Å². The summed E-state index contributed by atoms with van der Waals surface area (Å²) in [5.74, 6) is 2.81. The van der Waals surface area contributed by atoms with Gasteiger partial charge in [0.05, 0.1) is 0 Å². The fraction of sp³-hybridized carbons (Fsp3) is 0.167. The number of rotatable bonds is 16. The molecule has 0 aliphatic rings. The molecule has 0 amide bonds. The summed E-state index contributed by atoms with van der Waals surface area (Å²) in [7, 11) is 0. The highest BCUT2D eigenvalue weighted by atomic mass is 15.3. The van der Waals surface area contributed by atoms with E-state index < -0.39 is 0 Å². The predicted molar refractivity (Wildman–Crippen MR) is 204 cm³/mol. The molecule has 4 aromatic carbocycles. The van der Waals surface area contributed by atoms with Crippen LogP contribution in [0.1, 0.15) is 28.1 Å². The summed E-state index contributed by atoms with van der Waals surface area (Å²) in [6.45, 7) is 1.42. The number of hydrogen-bond donors (Lipinski definition) is 6. The van der Waals surface area contributed by atoms with Crippen LogP contribution in [0.4, 0.5) is 58.4 Å². The van der Waals surface area contributed by atoms with Gasteiger partial charge in [0.2, 0.25) is 35.7 Å². The number of unbranched alkanes of at least 4 members (excludes halogenated alkanes) is 2. The third-order valence-corrected chi connectivity index (χ3v) is 6.81. The van der Waals surface area contributed by atoms with E-state index in [-0.39, 0.29) is 17.3 Å². The van der Waals surface area contributed by atoms with Gasteiger partial charge >= 0.3 is 0 Å². The SMILES string of the molecule is C.[2HH].[B].c1ccc(Nc2nc(NCCCCCNc3nc(Nc4ccccc4)nc(Nc4ccccc4)n3)nc(Nc3ccccc3)n2)cc1. The monoisotopic (exact) mass is 654 g/mol. The smallest absolute Gasteiger partial charge is 0.233 e. The van der Waals surface area contributed by atoms with E-state index in [0.29, 0.717) is 48.8 Å². The first kappa shape index (κ1) is 35.6. The van der Waals surface area contributed by atoms with E-state index in [9.17, 15) is 0 Å². The molecule has 6 rings (SSSR count). The van der Waals surface area contributed by atoms with Crippen molar-refractivity contribution in [2.45, 2.75) is 26.7 Å². The lowest BCUT2D eigenvalue weighted by molar-refractivity contribution is 0.715. The van der Waals surface area contributed by atoms with E-state index in [2.05, 4.69) is 61.8 Å². The average molecular weight is 655 g/mol. The van der Waals surface area contributed by atoms with E-state index in [0.717, 1.165) is 42.0 Å². The van der Waals surface area contributed by atoms with Crippen molar-refractivity contribution in [1.82, 2.24) is 29.9 Å². The van der Waals surface area contributed by atoms with Crippen LogP contribution in [0.2, 0.25) is 0 Å². The van der Waals surface area contributed by atoms with Gasteiger partial charge in [-0.05, 0) is 67.8 Å². The van der Waals surface area contributed by atoms with Crippen LogP contribution in [0.25, 0.3) is 0 Å². The predicted octanol–water partition coefficient (Wildman–Crippen LogP) is 8.23. The molecule has 12 nitrogen and oxygen atoms in total. The Morgan fingerprint density at radius 3 is 0.857 bits per heavy atom. The minimum absolute atomic E-state index is 0. The van der Waals surface area contributed by atoms with Crippen molar-refractivity contribution in [3.63, 3.8) is 0 Å². The molecule has 0 saturated heterocycles. The molecule has 0 bridgehead atoms. The second-order valence-electron chi connectivity index (χ2n) is 10.5. The highest BCUT2D eigenvalue weighted by molar-refractivity contribution is 5.75. The van der Waals surface area contributed by atoms with E-state index in [4.69, 9.17) is 0 Å². The zero-order valence-corrected chi connectivity index (χ0v) is 26.3. The number of para-hydroxylation sites is 4. The Labute approximate surface area is 290 Å². The number of nitrogens with one attached hydrogen (secondary N) is 6. The molecule has 0 aliphatic heterocycles. The molecule has 2 aromatic heterocycles. The van der Waals surface area contributed by atoms with Crippen molar-refractivity contribution >= 4 is 66.9 Å². The van der Waals surface area contributed by atoms with Crippen LogP contribution in [-0.4, -0.2) is 51.4 Å². The van der Waals surface area contributed by atoms with E-state index in [1.165, 1.54) is 0 Å². The summed E-state index contributed by atoms with van der Waals surface area (Å²) in [5, 5.41) is 19.8. The largest absolute Gasteiger partial charge is 0.354 e. The number of nitrogens with zero attached hydrogens (tertiary/aromatic N) is 6. The molecule has 2 heterocycles. The van der Waals surface area contributed by atoms with Crippen LogP contribution in [0.5, 0.6) is 0 Å². The molecule has 13 heteroatoms. The Morgan fingerprint density at radius 2 is 0.592 bits per heavy atom. The molecule has 49 heavy (non-hydrogen) atoms. The Balaban J connectivity index is 0.00000225. The lowest BCUT2D eigenvalue weighted by Crippen LogP contribution is -2.12. The van der Waals surface area contributed by atoms with E-state index in [1.807, 2.05) is 121 Å². The first-order valence-corrected chi connectivity index (χ1v) is 15.5. The van der Waals surface area contributed by atoms with Crippen molar-refractivity contribution in [2.75, 3.05) is 45.0 Å². The van der Waals surface area contributed by atoms with Crippen molar-refractivity contribution in [1.29, 1.82) is 0 Å². The molecule has 6 aromatic rings. The summed E-state index contributed by atoms with van der Waals surface area (Å²) in [6, 6.07) is 39.3. The molecule has 0 saturated carbocycles. The zero-order valence-electron chi connectivity index (χ0n) is 26.3. The summed E-state index contributed by atoms with van der Waals surface area (Å²) in [5.41, 5.74) is 3.58. The summed E-state index contributed by atoms with van der Waals surface area (Å²) < 4.78 is 0. The molecule has 3 radical (unpaired) electrons. The van der Waals surface area contributed by atoms with E-state index in [1.54, 1.807) is 0 Å². The van der Waals surface area contributed by atoms with Gasteiger partial charge in [-0.1, -0.05) is 80.2 Å². The topological polar surface area (TPSA) is 150 Å². The van der Waals surface area contributed by atoms with Gasteiger partial charge in [0.25, 0.3) is 0 Å².